The first-order valence-corrected chi connectivity index (χ1v) is 8.56. The highest BCUT2D eigenvalue weighted by atomic mass is 16.5. The molecule has 5 heteroatoms. The van der Waals surface area contributed by atoms with Crippen molar-refractivity contribution in [2.45, 2.75) is 32.7 Å². The average molecular weight is 354 g/mol. The van der Waals surface area contributed by atoms with Crippen LogP contribution in [0, 0.1) is 0 Å². The highest BCUT2D eigenvalue weighted by molar-refractivity contribution is 5.94. The number of hydrogen-bond acceptors (Lipinski definition) is 3. The van der Waals surface area contributed by atoms with Gasteiger partial charge in [-0.3, -0.25) is 9.59 Å². The highest BCUT2D eigenvalue weighted by Gasteiger charge is 2.14. The molecule has 0 saturated heterocycles. The van der Waals surface area contributed by atoms with Crippen LogP contribution in [0.5, 0.6) is 0 Å². The first kappa shape index (κ1) is 19.7. The molecule has 26 heavy (non-hydrogen) atoms. The molecule has 2 rings (SSSR count). The zero-order valence-electron chi connectivity index (χ0n) is 15.8. The topological polar surface area (TPSA) is 67.4 Å². The molecule has 0 unspecified atom stereocenters. The summed E-state index contributed by atoms with van der Waals surface area (Å²) in [6.07, 6.45) is 0. The lowest BCUT2D eigenvalue weighted by Crippen LogP contribution is -2.23. The summed E-state index contributed by atoms with van der Waals surface area (Å²) in [4.78, 5) is 23.9. The lowest BCUT2D eigenvalue weighted by atomic mass is 9.87. The Bertz CT molecular complexity index is 762. The van der Waals surface area contributed by atoms with Crippen molar-refractivity contribution in [3.05, 3.63) is 65.2 Å². The maximum absolute atomic E-state index is 12.3. The first-order valence-electron chi connectivity index (χ1n) is 8.56. The third kappa shape index (κ3) is 5.70. The maximum Gasteiger partial charge on any atom is 0.251 e. The van der Waals surface area contributed by atoms with Gasteiger partial charge >= 0.3 is 0 Å². The van der Waals surface area contributed by atoms with E-state index < -0.39 is 0 Å². The summed E-state index contributed by atoms with van der Waals surface area (Å²) in [6.45, 7) is 6.81. The van der Waals surface area contributed by atoms with Crippen molar-refractivity contribution in [1.29, 1.82) is 0 Å². The van der Waals surface area contributed by atoms with Gasteiger partial charge in [0.25, 0.3) is 5.91 Å². The molecule has 5 nitrogen and oxygen atoms in total. The van der Waals surface area contributed by atoms with Gasteiger partial charge in [0.15, 0.2) is 0 Å². The number of rotatable bonds is 6. The van der Waals surface area contributed by atoms with E-state index in [0.717, 1.165) is 5.56 Å². The molecule has 2 aromatic rings. The van der Waals surface area contributed by atoms with Gasteiger partial charge in [0.2, 0.25) is 5.91 Å². The SMILES string of the molecule is COCC(=O)Nc1cccc(CNC(=O)c2ccc(C(C)(C)C)cc2)c1. The van der Waals surface area contributed by atoms with Crippen LogP contribution in [0.2, 0.25) is 0 Å². The van der Waals surface area contributed by atoms with E-state index in [-0.39, 0.29) is 23.8 Å². The van der Waals surface area contributed by atoms with E-state index in [1.165, 1.54) is 12.7 Å². The van der Waals surface area contributed by atoms with E-state index in [9.17, 15) is 9.59 Å². The van der Waals surface area contributed by atoms with Crippen molar-refractivity contribution in [2.75, 3.05) is 19.0 Å². The van der Waals surface area contributed by atoms with Gasteiger partial charge in [0, 0.05) is 24.9 Å². The number of benzene rings is 2. The van der Waals surface area contributed by atoms with Gasteiger partial charge in [-0.1, -0.05) is 45.0 Å². The van der Waals surface area contributed by atoms with Crippen molar-refractivity contribution < 1.29 is 14.3 Å². The van der Waals surface area contributed by atoms with Gasteiger partial charge in [0.1, 0.15) is 6.61 Å². The van der Waals surface area contributed by atoms with Crippen LogP contribution < -0.4 is 10.6 Å². The second-order valence-corrected chi connectivity index (χ2v) is 7.19. The van der Waals surface area contributed by atoms with Crippen LogP contribution >= 0.6 is 0 Å². The summed E-state index contributed by atoms with van der Waals surface area (Å²) in [7, 11) is 1.47. The molecule has 0 aromatic heterocycles. The predicted molar refractivity (Wildman–Crippen MR) is 103 cm³/mol. The standard InChI is InChI=1S/C21H26N2O3/c1-21(2,3)17-10-8-16(9-11-17)20(25)22-13-15-6-5-7-18(12-15)23-19(24)14-26-4/h5-12H,13-14H2,1-4H3,(H,22,25)(H,23,24). The van der Waals surface area contributed by atoms with Crippen molar-refractivity contribution in [3.63, 3.8) is 0 Å². The Morgan fingerprint density at radius 1 is 1.04 bits per heavy atom. The van der Waals surface area contributed by atoms with Gasteiger partial charge in [-0.25, -0.2) is 0 Å². The summed E-state index contributed by atoms with van der Waals surface area (Å²) in [5, 5.41) is 5.65. The molecule has 0 aliphatic carbocycles. The second-order valence-electron chi connectivity index (χ2n) is 7.19. The molecule has 2 aromatic carbocycles. The third-order valence-corrected chi connectivity index (χ3v) is 3.95. The third-order valence-electron chi connectivity index (χ3n) is 3.95. The summed E-state index contributed by atoms with van der Waals surface area (Å²) >= 11 is 0. The smallest absolute Gasteiger partial charge is 0.251 e. The normalized spacial score (nSPS) is 11.1. The van der Waals surface area contributed by atoms with E-state index in [0.29, 0.717) is 17.8 Å². The van der Waals surface area contributed by atoms with Gasteiger partial charge in [-0.2, -0.15) is 0 Å². The Morgan fingerprint density at radius 3 is 2.35 bits per heavy atom. The molecule has 2 amide bonds. The molecule has 2 N–H and O–H groups in total. The van der Waals surface area contributed by atoms with E-state index in [4.69, 9.17) is 4.74 Å². The van der Waals surface area contributed by atoms with E-state index in [2.05, 4.69) is 31.4 Å². The van der Waals surface area contributed by atoms with Crippen LogP contribution in [0.1, 0.15) is 42.3 Å². The number of carbonyl (C=O) groups is 2. The molecule has 0 spiro atoms. The summed E-state index contributed by atoms with van der Waals surface area (Å²) in [6, 6.07) is 15.0. The van der Waals surface area contributed by atoms with Gasteiger partial charge < -0.3 is 15.4 Å². The van der Waals surface area contributed by atoms with Gasteiger partial charge in [-0.15, -0.1) is 0 Å². The average Bonchev–Trinajstić information content (AvgIpc) is 2.59. The Kier molecular flexibility index (Phi) is 6.52. The number of hydrogen-bond donors (Lipinski definition) is 2. The first-order chi connectivity index (χ1) is 12.3. The molecule has 138 valence electrons. The zero-order chi connectivity index (χ0) is 19.2. The molecule has 0 fully saturated rings. The number of ether oxygens (including phenoxy) is 1. The van der Waals surface area contributed by atoms with Gasteiger partial charge in [-0.05, 0) is 40.8 Å². The number of amides is 2. The molecule has 0 bridgehead atoms. The Balaban J connectivity index is 1.96. The fraction of sp³-hybridized carbons (Fsp3) is 0.333. The zero-order valence-corrected chi connectivity index (χ0v) is 15.8. The largest absolute Gasteiger partial charge is 0.375 e. The maximum atomic E-state index is 12.3. The number of carbonyl (C=O) groups excluding carboxylic acids is 2. The van der Waals surface area contributed by atoms with E-state index in [1.54, 1.807) is 6.07 Å². The molecule has 0 radical (unpaired) electrons. The lowest BCUT2D eigenvalue weighted by molar-refractivity contribution is -0.119. The molecule has 0 heterocycles. The molecule has 0 aliphatic heterocycles. The number of nitrogens with one attached hydrogen (secondary N) is 2. The Morgan fingerprint density at radius 2 is 1.73 bits per heavy atom. The van der Waals surface area contributed by atoms with Crippen LogP contribution in [0.25, 0.3) is 0 Å². The predicted octanol–water partition coefficient (Wildman–Crippen LogP) is 3.50. The fourth-order valence-electron chi connectivity index (χ4n) is 2.49. The summed E-state index contributed by atoms with van der Waals surface area (Å²) in [5.74, 6) is -0.341. The Labute approximate surface area is 154 Å². The second kappa shape index (κ2) is 8.63. The van der Waals surface area contributed by atoms with Crippen LogP contribution in [0.4, 0.5) is 5.69 Å². The minimum atomic E-state index is -0.215. The minimum Gasteiger partial charge on any atom is -0.375 e. The summed E-state index contributed by atoms with van der Waals surface area (Å²) in [5.41, 5.74) is 3.45. The molecule has 0 saturated carbocycles. The Hall–Kier alpha value is -2.66. The van der Waals surface area contributed by atoms with Crippen molar-refractivity contribution >= 4 is 17.5 Å². The van der Waals surface area contributed by atoms with E-state index in [1.807, 2.05) is 42.5 Å². The molecular weight excluding hydrogens is 328 g/mol. The molecular formula is C21H26N2O3. The van der Waals surface area contributed by atoms with E-state index >= 15 is 0 Å². The van der Waals surface area contributed by atoms with Crippen LogP contribution in [0.15, 0.2) is 48.5 Å². The van der Waals surface area contributed by atoms with Crippen molar-refractivity contribution in [2.24, 2.45) is 0 Å². The van der Waals surface area contributed by atoms with Crippen LogP contribution in [0.3, 0.4) is 0 Å². The minimum absolute atomic E-state index is 0.00548. The lowest BCUT2D eigenvalue weighted by Gasteiger charge is -2.19. The van der Waals surface area contributed by atoms with Crippen LogP contribution in [-0.2, 0) is 21.5 Å². The molecule has 0 atom stereocenters. The quantitative estimate of drug-likeness (QED) is 0.834. The van der Waals surface area contributed by atoms with Crippen molar-refractivity contribution in [3.8, 4) is 0 Å². The highest BCUT2D eigenvalue weighted by Crippen LogP contribution is 2.22. The van der Waals surface area contributed by atoms with Crippen molar-refractivity contribution in [1.82, 2.24) is 5.32 Å². The number of methoxy groups -OCH3 is 1. The molecule has 0 aliphatic rings. The van der Waals surface area contributed by atoms with Gasteiger partial charge in [0.05, 0.1) is 0 Å². The summed E-state index contributed by atoms with van der Waals surface area (Å²) < 4.78 is 4.79. The van der Waals surface area contributed by atoms with Crippen LogP contribution in [-0.4, -0.2) is 25.5 Å². The number of anilines is 1. The monoisotopic (exact) mass is 354 g/mol. The fourth-order valence-corrected chi connectivity index (χ4v) is 2.49.